The van der Waals surface area contributed by atoms with Crippen LogP contribution in [0.3, 0.4) is 0 Å². The third-order valence-corrected chi connectivity index (χ3v) is 3.41. The third-order valence-electron chi connectivity index (χ3n) is 3.41. The summed E-state index contributed by atoms with van der Waals surface area (Å²) >= 11 is 0. The SMILES string of the molecule is NCc1cc(Cn2cc(-c3ccccc3)cn2)ccc1F. The maximum Gasteiger partial charge on any atom is 0.127 e. The van der Waals surface area contributed by atoms with Gasteiger partial charge in [0.05, 0.1) is 12.7 Å². The summed E-state index contributed by atoms with van der Waals surface area (Å²) < 4.78 is 15.3. The van der Waals surface area contributed by atoms with Crippen LogP contribution in [0.15, 0.2) is 60.9 Å². The highest BCUT2D eigenvalue weighted by atomic mass is 19.1. The molecule has 0 bridgehead atoms. The van der Waals surface area contributed by atoms with Gasteiger partial charge in [-0.2, -0.15) is 5.10 Å². The van der Waals surface area contributed by atoms with E-state index >= 15 is 0 Å². The van der Waals surface area contributed by atoms with Crippen molar-refractivity contribution in [1.82, 2.24) is 9.78 Å². The van der Waals surface area contributed by atoms with E-state index in [1.54, 1.807) is 12.1 Å². The first kappa shape index (κ1) is 13.5. The van der Waals surface area contributed by atoms with Gasteiger partial charge in [0.15, 0.2) is 0 Å². The van der Waals surface area contributed by atoms with E-state index in [4.69, 9.17) is 5.73 Å². The van der Waals surface area contributed by atoms with E-state index in [-0.39, 0.29) is 12.4 Å². The van der Waals surface area contributed by atoms with E-state index < -0.39 is 0 Å². The highest BCUT2D eigenvalue weighted by Gasteiger charge is 2.05. The Kier molecular flexibility index (Phi) is 3.79. The Labute approximate surface area is 122 Å². The molecule has 0 saturated heterocycles. The summed E-state index contributed by atoms with van der Waals surface area (Å²) in [6.07, 6.45) is 3.82. The Morgan fingerprint density at radius 2 is 1.86 bits per heavy atom. The number of aromatic nitrogens is 2. The minimum absolute atomic E-state index is 0.202. The molecule has 0 fully saturated rings. The minimum atomic E-state index is -0.258. The number of benzene rings is 2. The molecule has 3 nitrogen and oxygen atoms in total. The number of rotatable bonds is 4. The first-order chi connectivity index (χ1) is 10.3. The van der Waals surface area contributed by atoms with Crippen LogP contribution in [0.2, 0.25) is 0 Å². The molecule has 4 heteroatoms. The van der Waals surface area contributed by atoms with Crippen LogP contribution in [0.1, 0.15) is 11.1 Å². The number of nitrogens with two attached hydrogens (primary N) is 1. The fraction of sp³-hybridized carbons (Fsp3) is 0.118. The van der Waals surface area contributed by atoms with Crippen LogP contribution in [0.25, 0.3) is 11.1 Å². The van der Waals surface area contributed by atoms with E-state index in [2.05, 4.69) is 5.10 Å². The Balaban J connectivity index is 1.82. The van der Waals surface area contributed by atoms with E-state index in [0.29, 0.717) is 12.1 Å². The smallest absolute Gasteiger partial charge is 0.127 e. The zero-order valence-corrected chi connectivity index (χ0v) is 11.5. The van der Waals surface area contributed by atoms with Crippen LogP contribution in [-0.4, -0.2) is 9.78 Å². The molecule has 3 aromatic rings. The van der Waals surface area contributed by atoms with Crippen molar-refractivity contribution in [2.75, 3.05) is 0 Å². The Morgan fingerprint density at radius 1 is 1.05 bits per heavy atom. The number of hydrogen-bond donors (Lipinski definition) is 1. The van der Waals surface area contributed by atoms with Crippen LogP contribution in [-0.2, 0) is 13.1 Å². The van der Waals surface area contributed by atoms with Crippen LogP contribution >= 0.6 is 0 Å². The molecule has 0 aliphatic rings. The summed E-state index contributed by atoms with van der Waals surface area (Å²) in [6.45, 7) is 0.800. The van der Waals surface area contributed by atoms with Crippen LogP contribution < -0.4 is 5.73 Å². The van der Waals surface area contributed by atoms with Gasteiger partial charge in [-0.25, -0.2) is 4.39 Å². The molecule has 0 unspecified atom stereocenters. The van der Waals surface area contributed by atoms with Crippen LogP contribution in [0.5, 0.6) is 0 Å². The largest absolute Gasteiger partial charge is 0.326 e. The lowest BCUT2D eigenvalue weighted by Crippen LogP contribution is -2.04. The molecule has 0 aliphatic carbocycles. The maximum absolute atomic E-state index is 13.4. The topological polar surface area (TPSA) is 43.8 Å². The first-order valence-corrected chi connectivity index (χ1v) is 6.81. The first-order valence-electron chi connectivity index (χ1n) is 6.81. The van der Waals surface area contributed by atoms with Gasteiger partial charge in [-0.1, -0.05) is 36.4 Å². The second kappa shape index (κ2) is 5.89. The Morgan fingerprint density at radius 3 is 2.62 bits per heavy atom. The lowest BCUT2D eigenvalue weighted by molar-refractivity contribution is 0.607. The van der Waals surface area contributed by atoms with Crippen molar-refractivity contribution in [3.8, 4) is 11.1 Å². The second-order valence-electron chi connectivity index (χ2n) is 4.92. The fourth-order valence-corrected chi connectivity index (χ4v) is 2.30. The maximum atomic E-state index is 13.4. The molecule has 0 aliphatic heterocycles. The van der Waals surface area contributed by atoms with Gasteiger partial charge in [0.25, 0.3) is 0 Å². The van der Waals surface area contributed by atoms with Gasteiger partial charge in [0.1, 0.15) is 5.82 Å². The number of nitrogens with zero attached hydrogens (tertiary/aromatic N) is 2. The van der Waals surface area contributed by atoms with Gasteiger partial charge in [-0.15, -0.1) is 0 Å². The monoisotopic (exact) mass is 281 g/mol. The predicted octanol–water partition coefficient (Wildman–Crippen LogP) is 3.20. The Bertz CT molecular complexity index is 735. The summed E-state index contributed by atoms with van der Waals surface area (Å²) in [4.78, 5) is 0. The van der Waals surface area contributed by atoms with E-state index in [9.17, 15) is 4.39 Å². The van der Waals surface area contributed by atoms with Crippen molar-refractivity contribution in [3.63, 3.8) is 0 Å². The second-order valence-corrected chi connectivity index (χ2v) is 4.92. The van der Waals surface area contributed by atoms with Crippen molar-refractivity contribution >= 4 is 0 Å². The summed E-state index contributed by atoms with van der Waals surface area (Å²) in [5.74, 6) is -0.258. The van der Waals surface area contributed by atoms with Crippen LogP contribution in [0.4, 0.5) is 4.39 Å². The van der Waals surface area contributed by atoms with Gasteiger partial charge in [-0.3, -0.25) is 4.68 Å². The predicted molar refractivity (Wildman–Crippen MR) is 81.1 cm³/mol. The molecule has 3 rings (SSSR count). The van der Waals surface area contributed by atoms with Crippen molar-refractivity contribution in [2.45, 2.75) is 13.1 Å². The molecule has 1 heterocycles. The molecule has 2 aromatic carbocycles. The van der Waals surface area contributed by atoms with E-state index in [0.717, 1.165) is 16.7 Å². The summed E-state index contributed by atoms with van der Waals surface area (Å²) in [7, 11) is 0. The quantitative estimate of drug-likeness (QED) is 0.798. The van der Waals surface area contributed by atoms with Crippen LogP contribution in [0, 0.1) is 5.82 Å². The van der Waals surface area contributed by atoms with Crippen molar-refractivity contribution in [3.05, 3.63) is 77.9 Å². The molecule has 21 heavy (non-hydrogen) atoms. The third kappa shape index (κ3) is 3.01. The molecule has 2 N–H and O–H groups in total. The zero-order valence-electron chi connectivity index (χ0n) is 11.5. The average Bonchev–Trinajstić information content (AvgIpc) is 2.98. The van der Waals surface area contributed by atoms with Gasteiger partial charge in [0, 0.05) is 23.9 Å². The average molecular weight is 281 g/mol. The van der Waals surface area contributed by atoms with Gasteiger partial charge >= 0.3 is 0 Å². The zero-order chi connectivity index (χ0) is 14.7. The van der Waals surface area contributed by atoms with Crippen molar-refractivity contribution < 1.29 is 4.39 Å². The van der Waals surface area contributed by atoms with E-state index in [1.807, 2.05) is 47.4 Å². The normalized spacial score (nSPS) is 10.8. The highest BCUT2D eigenvalue weighted by molar-refractivity contribution is 5.61. The highest BCUT2D eigenvalue weighted by Crippen LogP contribution is 2.18. The molecule has 0 radical (unpaired) electrons. The fourth-order valence-electron chi connectivity index (χ4n) is 2.30. The molecule has 0 saturated carbocycles. The Hall–Kier alpha value is -2.46. The molecule has 0 atom stereocenters. The number of hydrogen-bond acceptors (Lipinski definition) is 2. The van der Waals surface area contributed by atoms with Crippen molar-refractivity contribution in [2.24, 2.45) is 5.73 Å². The van der Waals surface area contributed by atoms with Gasteiger partial charge < -0.3 is 5.73 Å². The summed E-state index contributed by atoms with van der Waals surface area (Å²) in [5, 5.41) is 4.36. The van der Waals surface area contributed by atoms with Crippen molar-refractivity contribution in [1.29, 1.82) is 0 Å². The minimum Gasteiger partial charge on any atom is -0.326 e. The summed E-state index contributed by atoms with van der Waals surface area (Å²) in [5.41, 5.74) is 9.24. The standard InChI is InChI=1S/C17H16FN3/c18-17-7-6-13(8-15(17)9-19)11-21-12-16(10-20-21)14-4-2-1-3-5-14/h1-8,10,12H,9,11,19H2. The molecule has 106 valence electrons. The molecular weight excluding hydrogens is 265 g/mol. The lowest BCUT2D eigenvalue weighted by atomic mass is 10.1. The van der Waals surface area contributed by atoms with Gasteiger partial charge in [-0.05, 0) is 23.3 Å². The van der Waals surface area contributed by atoms with Gasteiger partial charge in [0.2, 0.25) is 0 Å². The molecule has 0 amide bonds. The molecule has 1 aromatic heterocycles. The molecule has 0 spiro atoms. The number of halogens is 1. The summed E-state index contributed by atoms with van der Waals surface area (Å²) in [6, 6.07) is 15.1. The lowest BCUT2D eigenvalue weighted by Gasteiger charge is -2.05. The molecular formula is C17H16FN3. The van der Waals surface area contributed by atoms with E-state index in [1.165, 1.54) is 6.07 Å².